The highest BCUT2D eigenvalue weighted by atomic mass is 32.2. The molecule has 0 aliphatic rings. The van der Waals surface area contributed by atoms with Gasteiger partial charge in [-0.1, -0.05) is 30.0 Å². The van der Waals surface area contributed by atoms with Crippen LogP contribution in [0, 0.1) is 19.7 Å². The summed E-state index contributed by atoms with van der Waals surface area (Å²) in [6.07, 6.45) is 0. The summed E-state index contributed by atoms with van der Waals surface area (Å²) in [5.41, 5.74) is 3.45. The second-order valence-corrected chi connectivity index (χ2v) is 6.92. The first kappa shape index (κ1) is 18.1. The van der Waals surface area contributed by atoms with Crippen molar-refractivity contribution in [2.45, 2.75) is 19.0 Å². The molecule has 7 heteroatoms. The van der Waals surface area contributed by atoms with Gasteiger partial charge in [0.15, 0.2) is 11.0 Å². The van der Waals surface area contributed by atoms with Crippen LogP contribution in [-0.2, 0) is 11.8 Å². The molecule has 5 nitrogen and oxygen atoms in total. The third-order valence-corrected chi connectivity index (χ3v) is 5.09. The summed E-state index contributed by atoms with van der Waals surface area (Å²) in [4.78, 5) is 12.2. The number of carbonyl (C=O) groups excluding carboxylic acids is 1. The van der Waals surface area contributed by atoms with Crippen LogP contribution in [0.25, 0.3) is 11.4 Å². The van der Waals surface area contributed by atoms with Crippen LogP contribution in [0.4, 0.5) is 10.1 Å². The van der Waals surface area contributed by atoms with E-state index in [9.17, 15) is 9.18 Å². The Bertz CT molecular complexity index is 954. The fourth-order valence-electron chi connectivity index (χ4n) is 2.46. The van der Waals surface area contributed by atoms with E-state index in [-0.39, 0.29) is 17.5 Å². The van der Waals surface area contributed by atoms with Gasteiger partial charge in [0, 0.05) is 12.7 Å². The Balaban J connectivity index is 1.66. The minimum Gasteiger partial charge on any atom is -0.325 e. The lowest BCUT2D eigenvalue weighted by Gasteiger charge is -2.08. The molecule has 1 aromatic heterocycles. The number of nitrogens with one attached hydrogen (secondary N) is 1. The molecule has 0 saturated heterocycles. The van der Waals surface area contributed by atoms with Crippen molar-refractivity contribution < 1.29 is 9.18 Å². The molecular weight excluding hydrogens is 351 g/mol. The third kappa shape index (κ3) is 3.94. The minimum atomic E-state index is -0.355. The highest BCUT2D eigenvalue weighted by molar-refractivity contribution is 7.99. The number of benzene rings is 2. The number of anilines is 1. The predicted molar refractivity (Wildman–Crippen MR) is 102 cm³/mol. The number of rotatable bonds is 5. The maximum atomic E-state index is 13.9. The van der Waals surface area contributed by atoms with E-state index in [1.54, 1.807) is 29.8 Å². The van der Waals surface area contributed by atoms with E-state index < -0.39 is 0 Å². The predicted octanol–water partition coefficient (Wildman–Crippen LogP) is 3.97. The van der Waals surface area contributed by atoms with E-state index in [0.717, 1.165) is 11.3 Å². The van der Waals surface area contributed by atoms with Crippen LogP contribution in [0.3, 0.4) is 0 Å². The number of hydrogen-bond donors (Lipinski definition) is 1. The van der Waals surface area contributed by atoms with Crippen LogP contribution < -0.4 is 5.32 Å². The topological polar surface area (TPSA) is 59.8 Å². The molecule has 0 bridgehead atoms. The van der Waals surface area contributed by atoms with Gasteiger partial charge in [0.25, 0.3) is 0 Å². The maximum Gasteiger partial charge on any atom is 0.234 e. The average Bonchev–Trinajstić information content (AvgIpc) is 2.97. The van der Waals surface area contributed by atoms with Gasteiger partial charge in [0.2, 0.25) is 5.91 Å². The van der Waals surface area contributed by atoms with Gasteiger partial charge in [0.1, 0.15) is 5.82 Å². The molecule has 0 fully saturated rings. The van der Waals surface area contributed by atoms with E-state index >= 15 is 0 Å². The van der Waals surface area contributed by atoms with Gasteiger partial charge in [-0.15, -0.1) is 10.2 Å². The Labute approximate surface area is 155 Å². The lowest BCUT2D eigenvalue weighted by molar-refractivity contribution is -0.113. The number of carbonyl (C=O) groups is 1. The van der Waals surface area contributed by atoms with Crippen LogP contribution in [0.1, 0.15) is 11.1 Å². The van der Waals surface area contributed by atoms with E-state index in [0.29, 0.717) is 16.5 Å². The molecule has 3 aromatic rings. The van der Waals surface area contributed by atoms with E-state index in [1.165, 1.54) is 23.4 Å². The molecule has 0 aliphatic heterocycles. The van der Waals surface area contributed by atoms with Gasteiger partial charge in [-0.05, 0) is 49.2 Å². The minimum absolute atomic E-state index is 0.131. The van der Waals surface area contributed by atoms with Gasteiger partial charge in [0.05, 0.1) is 11.3 Å². The summed E-state index contributed by atoms with van der Waals surface area (Å²) in [5.74, 6) is 0.136. The summed E-state index contributed by atoms with van der Waals surface area (Å²) in [5, 5.41) is 11.5. The molecular formula is C19H19FN4OS. The Morgan fingerprint density at radius 2 is 1.92 bits per heavy atom. The van der Waals surface area contributed by atoms with Crippen molar-refractivity contribution in [3.63, 3.8) is 0 Å². The van der Waals surface area contributed by atoms with Crippen molar-refractivity contribution in [2.75, 3.05) is 11.1 Å². The van der Waals surface area contributed by atoms with Gasteiger partial charge in [-0.25, -0.2) is 4.39 Å². The van der Waals surface area contributed by atoms with E-state index in [4.69, 9.17) is 0 Å². The molecule has 0 unspecified atom stereocenters. The molecule has 0 atom stereocenters. The quantitative estimate of drug-likeness (QED) is 0.691. The van der Waals surface area contributed by atoms with Crippen LogP contribution >= 0.6 is 11.8 Å². The second kappa shape index (κ2) is 7.70. The van der Waals surface area contributed by atoms with Crippen molar-refractivity contribution >= 4 is 23.4 Å². The fraction of sp³-hybridized carbons (Fsp3) is 0.211. The van der Waals surface area contributed by atoms with Gasteiger partial charge < -0.3 is 9.88 Å². The molecule has 0 radical (unpaired) electrons. The van der Waals surface area contributed by atoms with Crippen molar-refractivity contribution in [3.8, 4) is 11.4 Å². The van der Waals surface area contributed by atoms with Crippen molar-refractivity contribution in [2.24, 2.45) is 7.05 Å². The zero-order valence-corrected chi connectivity index (χ0v) is 15.6. The van der Waals surface area contributed by atoms with Crippen LogP contribution in [0.15, 0.2) is 47.6 Å². The van der Waals surface area contributed by atoms with Gasteiger partial charge >= 0.3 is 0 Å². The standard InChI is InChI=1S/C19H19FN4OS/c1-12-8-9-14(10-13(12)2)21-17(25)11-26-19-23-22-18(24(19)3)15-6-4-5-7-16(15)20/h4-10H,11H2,1-3H3,(H,21,25). The highest BCUT2D eigenvalue weighted by Gasteiger charge is 2.15. The zero-order valence-electron chi connectivity index (χ0n) is 14.8. The third-order valence-electron chi connectivity index (χ3n) is 4.07. The van der Waals surface area contributed by atoms with Crippen molar-refractivity contribution in [1.82, 2.24) is 14.8 Å². The molecule has 26 heavy (non-hydrogen) atoms. The highest BCUT2D eigenvalue weighted by Crippen LogP contribution is 2.24. The molecule has 1 N–H and O–H groups in total. The largest absolute Gasteiger partial charge is 0.325 e. The van der Waals surface area contributed by atoms with Gasteiger partial charge in [-0.3, -0.25) is 4.79 Å². The fourth-order valence-corrected chi connectivity index (χ4v) is 3.18. The molecule has 1 heterocycles. The number of halogens is 1. The lowest BCUT2D eigenvalue weighted by Crippen LogP contribution is -2.14. The molecule has 0 saturated carbocycles. The number of aryl methyl sites for hydroxylation is 2. The Morgan fingerprint density at radius 1 is 1.15 bits per heavy atom. The molecule has 2 aromatic carbocycles. The molecule has 3 rings (SSSR count). The van der Waals surface area contributed by atoms with E-state index in [2.05, 4.69) is 15.5 Å². The summed E-state index contributed by atoms with van der Waals surface area (Å²) in [6, 6.07) is 12.2. The van der Waals surface area contributed by atoms with Crippen molar-refractivity contribution in [3.05, 3.63) is 59.4 Å². The van der Waals surface area contributed by atoms with Crippen LogP contribution in [0.2, 0.25) is 0 Å². The summed E-state index contributed by atoms with van der Waals surface area (Å²) >= 11 is 1.26. The first-order valence-electron chi connectivity index (χ1n) is 8.10. The number of hydrogen-bond acceptors (Lipinski definition) is 4. The summed E-state index contributed by atoms with van der Waals surface area (Å²) < 4.78 is 15.6. The Kier molecular flexibility index (Phi) is 5.37. The SMILES string of the molecule is Cc1ccc(NC(=O)CSc2nnc(-c3ccccc3F)n2C)cc1C. The van der Waals surface area contributed by atoms with Crippen molar-refractivity contribution in [1.29, 1.82) is 0 Å². The van der Waals surface area contributed by atoms with Crippen LogP contribution in [0.5, 0.6) is 0 Å². The normalized spacial score (nSPS) is 10.8. The smallest absolute Gasteiger partial charge is 0.234 e. The Hall–Kier alpha value is -2.67. The Morgan fingerprint density at radius 3 is 2.65 bits per heavy atom. The summed E-state index contributed by atoms with van der Waals surface area (Å²) in [7, 11) is 1.76. The monoisotopic (exact) mass is 370 g/mol. The first-order valence-corrected chi connectivity index (χ1v) is 9.08. The van der Waals surface area contributed by atoms with Crippen LogP contribution in [-0.4, -0.2) is 26.4 Å². The number of amides is 1. The molecule has 134 valence electrons. The molecule has 0 spiro atoms. The lowest BCUT2D eigenvalue weighted by atomic mass is 10.1. The molecule has 1 amide bonds. The first-order chi connectivity index (χ1) is 12.5. The number of aromatic nitrogens is 3. The van der Waals surface area contributed by atoms with Gasteiger partial charge in [-0.2, -0.15) is 0 Å². The maximum absolute atomic E-state index is 13.9. The van der Waals surface area contributed by atoms with E-state index in [1.807, 2.05) is 32.0 Å². The zero-order chi connectivity index (χ0) is 18.7. The summed E-state index contributed by atoms with van der Waals surface area (Å²) in [6.45, 7) is 4.03. The molecule has 0 aliphatic carbocycles. The second-order valence-electron chi connectivity index (χ2n) is 5.98. The number of thioether (sulfide) groups is 1. The number of nitrogens with zero attached hydrogens (tertiary/aromatic N) is 3. The average molecular weight is 370 g/mol.